The molecule has 0 aliphatic rings. The fourth-order valence-corrected chi connectivity index (χ4v) is 1.93. The summed E-state index contributed by atoms with van der Waals surface area (Å²) in [6.07, 6.45) is 1.36. The second-order valence-electron chi connectivity index (χ2n) is 5.34. The van der Waals surface area contributed by atoms with Crippen molar-refractivity contribution in [1.82, 2.24) is 14.8 Å². The summed E-state index contributed by atoms with van der Waals surface area (Å²) in [6.45, 7) is 11.2. The van der Waals surface area contributed by atoms with Gasteiger partial charge in [-0.25, -0.2) is 9.67 Å². The number of hydrogen-bond donors (Lipinski definition) is 0. The van der Waals surface area contributed by atoms with E-state index < -0.39 is 6.10 Å². The number of aromatic nitrogens is 3. The van der Waals surface area contributed by atoms with E-state index in [0.717, 1.165) is 6.54 Å². The fourth-order valence-electron chi connectivity index (χ4n) is 1.93. The molecule has 1 aromatic rings. The van der Waals surface area contributed by atoms with Crippen molar-refractivity contribution in [1.29, 1.82) is 0 Å². The molecule has 0 aliphatic carbocycles. The second-order valence-corrected chi connectivity index (χ2v) is 5.34. The highest BCUT2D eigenvalue weighted by Crippen LogP contribution is 2.24. The summed E-state index contributed by atoms with van der Waals surface area (Å²) in [5.74, 6) is 0.767. The maximum Gasteiger partial charge on any atom is 0.169 e. The van der Waals surface area contributed by atoms with Gasteiger partial charge in [0, 0.05) is 13.2 Å². The zero-order valence-corrected chi connectivity index (χ0v) is 11.9. The molecule has 102 valence electrons. The molecule has 0 saturated carbocycles. The van der Waals surface area contributed by atoms with Crippen molar-refractivity contribution >= 4 is 5.78 Å². The van der Waals surface area contributed by atoms with Crippen molar-refractivity contribution in [2.24, 2.45) is 5.41 Å². The highest BCUT2D eigenvalue weighted by atomic mass is 16.5. The Balaban J connectivity index is 2.79. The number of hydrogen-bond acceptors (Lipinski definition) is 4. The number of carbonyl (C=O) groups excluding carboxylic acids is 1. The average Bonchev–Trinajstić information content (AvgIpc) is 2.71. The number of Topliss-reactive ketones (excluding diaryl/α,β-unsaturated/α-hetero) is 1. The maximum atomic E-state index is 12.3. The van der Waals surface area contributed by atoms with E-state index in [1.54, 1.807) is 4.68 Å². The Morgan fingerprint density at radius 3 is 2.61 bits per heavy atom. The Morgan fingerprint density at radius 1 is 1.44 bits per heavy atom. The van der Waals surface area contributed by atoms with Crippen LogP contribution in [-0.2, 0) is 22.5 Å². The Labute approximate surface area is 109 Å². The van der Waals surface area contributed by atoms with Gasteiger partial charge in [-0.3, -0.25) is 4.79 Å². The molecule has 18 heavy (non-hydrogen) atoms. The van der Waals surface area contributed by atoms with E-state index in [0.29, 0.717) is 12.4 Å². The third-order valence-electron chi connectivity index (χ3n) is 2.74. The van der Waals surface area contributed by atoms with Crippen molar-refractivity contribution < 1.29 is 9.53 Å². The fraction of sp³-hybridized carbons (Fsp3) is 0.769. The van der Waals surface area contributed by atoms with Crippen LogP contribution in [0.3, 0.4) is 0 Å². The Bertz CT molecular complexity index is 393. The monoisotopic (exact) mass is 253 g/mol. The van der Waals surface area contributed by atoms with Crippen molar-refractivity contribution in [3.63, 3.8) is 0 Å². The normalized spacial score (nSPS) is 13.6. The number of ketones is 1. The first-order valence-corrected chi connectivity index (χ1v) is 6.41. The van der Waals surface area contributed by atoms with Crippen molar-refractivity contribution in [2.45, 2.75) is 53.7 Å². The van der Waals surface area contributed by atoms with E-state index in [1.165, 1.54) is 6.33 Å². The smallest absolute Gasteiger partial charge is 0.169 e. The molecule has 1 aromatic heterocycles. The summed E-state index contributed by atoms with van der Waals surface area (Å²) in [7, 11) is 0. The molecule has 0 bridgehead atoms. The third-order valence-corrected chi connectivity index (χ3v) is 2.74. The molecule has 0 radical (unpaired) electrons. The van der Waals surface area contributed by atoms with Crippen LogP contribution in [0.25, 0.3) is 0 Å². The quantitative estimate of drug-likeness (QED) is 0.776. The summed E-state index contributed by atoms with van der Waals surface area (Å²) < 4.78 is 7.32. The van der Waals surface area contributed by atoms with Crippen molar-refractivity contribution in [3.8, 4) is 0 Å². The average molecular weight is 253 g/mol. The predicted molar refractivity (Wildman–Crippen MR) is 69.3 cm³/mol. The van der Waals surface area contributed by atoms with Gasteiger partial charge in [0.25, 0.3) is 0 Å². The number of carbonyl (C=O) groups is 1. The molecule has 5 heteroatoms. The number of rotatable bonds is 6. The lowest BCUT2D eigenvalue weighted by Gasteiger charge is -2.29. The number of ether oxygens (including phenoxy) is 1. The van der Waals surface area contributed by atoms with Crippen molar-refractivity contribution in [3.05, 3.63) is 12.2 Å². The van der Waals surface area contributed by atoms with Gasteiger partial charge in [-0.2, -0.15) is 5.10 Å². The molecule has 0 aromatic carbocycles. The predicted octanol–water partition coefficient (Wildman–Crippen LogP) is 1.86. The standard InChI is InChI=1S/C13H23N3O2/c1-6-16-11(14-9-15-16)8-10(17)12(18-7-2)13(3,4)5/h9,12H,6-8H2,1-5H3. The van der Waals surface area contributed by atoms with Gasteiger partial charge in [-0.1, -0.05) is 20.8 Å². The molecule has 0 N–H and O–H groups in total. The van der Waals surface area contributed by atoms with Gasteiger partial charge in [0.05, 0.1) is 6.42 Å². The summed E-state index contributed by atoms with van der Waals surface area (Å²) >= 11 is 0. The van der Waals surface area contributed by atoms with Gasteiger partial charge in [-0.15, -0.1) is 0 Å². The van der Waals surface area contributed by atoms with Gasteiger partial charge in [0.15, 0.2) is 5.78 Å². The van der Waals surface area contributed by atoms with Crippen LogP contribution in [-0.4, -0.2) is 33.3 Å². The second kappa shape index (κ2) is 6.09. The molecule has 0 amide bonds. The zero-order valence-electron chi connectivity index (χ0n) is 11.9. The van der Waals surface area contributed by atoms with Crippen LogP contribution < -0.4 is 0 Å². The Kier molecular flexibility index (Phi) is 5.02. The van der Waals surface area contributed by atoms with Crippen LogP contribution in [0.1, 0.15) is 40.4 Å². The molecule has 1 atom stereocenters. The summed E-state index contributed by atoms with van der Waals surface area (Å²) in [4.78, 5) is 16.4. The largest absolute Gasteiger partial charge is 0.370 e. The topological polar surface area (TPSA) is 57.0 Å². The van der Waals surface area contributed by atoms with E-state index >= 15 is 0 Å². The summed E-state index contributed by atoms with van der Waals surface area (Å²) in [5.41, 5.74) is -0.204. The molecule has 0 aliphatic heterocycles. The van der Waals surface area contributed by atoms with Crippen LogP contribution in [0.5, 0.6) is 0 Å². The SMILES string of the molecule is CCOC(C(=O)Cc1ncnn1CC)C(C)(C)C. The minimum absolute atomic E-state index is 0.0621. The lowest BCUT2D eigenvalue weighted by Crippen LogP contribution is -2.38. The van der Waals surface area contributed by atoms with Gasteiger partial charge < -0.3 is 4.74 Å². The highest BCUT2D eigenvalue weighted by molar-refractivity contribution is 5.85. The van der Waals surface area contributed by atoms with E-state index in [1.807, 2.05) is 34.6 Å². The number of nitrogens with zero attached hydrogens (tertiary/aromatic N) is 3. The van der Waals surface area contributed by atoms with Crippen LogP contribution in [0, 0.1) is 5.41 Å². The summed E-state index contributed by atoms with van der Waals surface area (Å²) in [6, 6.07) is 0. The summed E-state index contributed by atoms with van der Waals surface area (Å²) in [5, 5.41) is 4.07. The number of aryl methyl sites for hydroxylation is 1. The third kappa shape index (κ3) is 3.63. The van der Waals surface area contributed by atoms with Gasteiger partial charge in [0.2, 0.25) is 0 Å². The molecule has 0 fully saturated rings. The minimum Gasteiger partial charge on any atom is -0.370 e. The van der Waals surface area contributed by atoms with Crippen LogP contribution in [0.2, 0.25) is 0 Å². The minimum atomic E-state index is -0.399. The highest BCUT2D eigenvalue weighted by Gasteiger charge is 2.32. The Hall–Kier alpha value is -1.23. The Morgan fingerprint density at radius 2 is 2.11 bits per heavy atom. The van der Waals surface area contributed by atoms with Crippen LogP contribution in [0.4, 0.5) is 0 Å². The van der Waals surface area contributed by atoms with Gasteiger partial charge in [-0.05, 0) is 19.3 Å². The van der Waals surface area contributed by atoms with E-state index in [9.17, 15) is 4.79 Å². The molecular formula is C13H23N3O2. The van der Waals surface area contributed by atoms with Gasteiger partial charge >= 0.3 is 0 Å². The molecule has 1 rings (SSSR count). The molecule has 1 heterocycles. The van der Waals surface area contributed by atoms with Crippen LogP contribution >= 0.6 is 0 Å². The van der Waals surface area contributed by atoms with Crippen LogP contribution in [0.15, 0.2) is 6.33 Å². The lowest BCUT2D eigenvalue weighted by atomic mass is 9.85. The van der Waals surface area contributed by atoms with E-state index in [4.69, 9.17) is 4.74 Å². The molecule has 0 spiro atoms. The molecule has 0 saturated heterocycles. The van der Waals surface area contributed by atoms with Crippen molar-refractivity contribution in [2.75, 3.05) is 6.61 Å². The van der Waals surface area contributed by atoms with E-state index in [2.05, 4.69) is 10.1 Å². The molecular weight excluding hydrogens is 230 g/mol. The lowest BCUT2D eigenvalue weighted by molar-refractivity contribution is -0.136. The van der Waals surface area contributed by atoms with Gasteiger partial charge in [0.1, 0.15) is 18.3 Å². The maximum absolute atomic E-state index is 12.3. The zero-order chi connectivity index (χ0) is 13.8. The molecule has 1 unspecified atom stereocenters. The first kappa shape index (κ1) is 14.8. The first-order chi connectivity index (χ1) is 8.40. The van der Waals surface area contributed by atoms with E-state index in [-0.39, 0.29) is 17.6 Å². The molecule has 5 nitrogen and oxygen atoms in total. The first-order valence-electron chi connectivity index (χ1n) is 6.41.